The number of benzene rings is 2. The molecule has 1 aliphatic heterocycles. The van der Waals surface area contributed by atoms with Crippen LogP contribution in [0.15, 0.2) is 53.5 Å². The van der Waals surface area contributed by atoms with Crippen LogP contribution in [0.1, 0.15) is 32.8 Å². The van der Waals surface area contributed by atoms with E-state index in [1.807, 2.05) is 42.5 Å². The lowest BCUT2D eigenvalue weighted by Gasteiger charge is -2.17. The molecule has 0 aliphatic carbocycles. The Labute approximate surface area is 197 Å². The molecule has 9 heteroatoms. The van der Waals surface area contributed by atoms with Crippen molar-refractivity contribution in [1.29, 1.82) is 0 Å². The Morgan fingerprint density at radius 3 is 2.55 bits per heavy atom. The van der Waals surface area contributed by atoms with E-state index in [-0.39, 0.29) is 19.1 Å². The van der Waals surface area contributed by atoms with Gasteiger partial charge < -0.3 is 15.4 Å². The van der Waals surface area contributed by atoms with Crippen LogP contribution < -0.4 is 10.6 Å². The molecule has 3 aromatic rings. The number of nitrogens with zero attached hydrogens (tertiary/aromatic N) is 3. The summed E-state index contributed by atoms with van der Waals surface area (Å²) in [4.78, 5) is 33.4. The van der Waals surface area contributed by atoms with Gasteiger partial charge in [0.15, 0.2) is 5.13 Å². The minimum atomic E-state index is -0.719. The normalized spacial score (nSPS) is 12.8. The number of amides is 2. The fraction of sp³-hybridized carbons (Fsp3) is 0.333. The predicted octanol–water partition coefficient (Wildman–Crippen LogP) is 5.13. The van der Waals surface area contributed by atoms with E-state index < -0.39 is 12.0 Å². The first kappa shape index (κ1) is 24.2. The van der Waals surface area contributed by atoms with Crippen molar-refractivity contribution in [2.45, 2.75) is 33.6 Å². The first-order valence-corrected chi connectivity index (χ1v) is 11.9. The van der Waals surface area contributed by atoms with Crippen molar-refractivity contribution in [2.24, 2.45) is 4.99 Å². The molecule has 4 rings (SSSR count). The number of hydrogen-bond donors (Lipinski definition) is 2. The number of nitrogens with one attached hydrogen (secondary N) is 2. The molecular formula is C24H29N5O3S. The molecule has 0 saturated heterocycles. The highest BCUT2D eigenvalue weighted by Gasteiger charge is 2.32. The zero-order chi connectivity index (χ0) is 23.6. The van der Waals surface area contributed by atoms with E-state index in [9.17, 15) is 9.59 Å². The largest absolute Gasteiger partial charge is 0.449 e. The monoisotopic (exact) mass is 467 g/mol. The number of imide groups is 1. The number of carbonyl (C=O) groups is 2. The number of guanidine groups is 1. The van der Waals surface area contributed by atoms with E-state index in [2.05, 4.69) is 40.5 Å². The lowest BCUT2D eigenvalue weighted by molar-refractivity contribution is -0.123. The Kier molecular flexibility index (Phi) is 8.77. The van der Waals surface area contributed by atoms with Crippen LogP contribution in [0.3, 0.4) is 0 Å². The summed E-state index contributed by atoms with van der Waals surface area (Å²) in [7, 11) is 0. The molecule has 0 fully saturated rings. The van der Waals surface area contributed by atoms with Gasteiger partial charge in [-0.2, -0.15) is 4.90 Å². The van der Waals surface area contributed by atoms with E-state index >= 15 is 0 Å². The van der Waals surface area contributed by atoms with Gasteiger partial charge in [0, 0.05) is 12.2 Å². The number of ether oxygens (including phenoxy) is 1. The molecule has 0 spiro atoms. The van der Waals surface area contributed by atoms with Crippen LogP contribution in [-0.2, 0) is 16.0 Å². The lowest BCUT2D eigenvalue weighted by atomic mass is 10.1. The SMILES string of the molecule is CCC.CCOC(=O)N1C(=O)CN=C1Nc1ccc(CCNc2nc3ccccc3s2)cc1. The maximum atomic E-state index is 12.0. The number of hydrogen-bond acceptors (Lipinski definition) is 8. The van der Waals surface area contributed by atoms with Gasteiger partial charge in [0.2, 0.25) is 5.96 Å². The molecule has 174 valence electrons. The molecule has 0 atom stereocenters. The van der Waals surface area contributed by atoms with Crippen LogP contribution >= 0.6 is 11.3 Å². The number of aliphatic imine (C=N–C) groups is 1. The predicted molar refractivity (Wildman–Crippen MR) is 134 cm³/mol. The summed E-state index contributed by atoms with van der Waals surface area (Å²) in [6.07, 6.45) is 1.37. The summed E-state index contributed by atoms with van der Waals surface area (Å²) in [6, 6.07) is 15.8. The third-order valence-corrected chi connectivity index (χ3v) is 5.46. The van der Waals surface area contributed by atoms with Gasteiger partial charge >= 0.3 is 6.09 Å². The van der Waals surface area contributed by atoms with Crippen molar-refractivity contribution in [2.75, 3.05) is 30.3 Å². The standard InChI is InChI=1S/C21H21N5O3S.C3H8/c1-2-29-21(28)26-18(27)13-23-19(26)24-15-9-7-14(8-10-15)11-12-22-20-25-16-5-3-4-6-17(16)30-20;1-3-2/h3-10H,2,11-13H2,1H3,(H,22,25)(H,23,24);3H2,1-2H3. The summed E-state index contributed by atoms with van der Waals surface area (Å²) in [5.41, 5.74) is 2.90. The van der Waals surface area contributed by atoms with Gasteiger partial charge in [-0.05, 0) is 43.2 Å². The van der Waals surface area contributed by atoms with E-state index in [1.54, 1.807) is 18.3 Å². The highest BCUT2D eigenvalue weighted by atomic mass is 32.1. The van der Waals surface area contributed by atoms with Crippen LogP contribution in [0.2, 0.25) is 0 Å². The quantitative estimate of drug-likeness (QED) is 0.522. The van der Waals surface area contributed by atoms with E-state index in [0.717, 1.165) is 39.8 Å². The first-order chi connectivity index (χ1) is 16.0. The second-order valence-electron chi connectivity index (χ2n) is 7.26. The average molecular weight is 468 g/mol. The number of rotatable bonds is 6. The average Bonchev–Trinajstić information content (AvgIpc) is 3.38. The third kappa shape index (κ3) is 6.52. The highest BCUT2D eigenvalue weighted by molar-refractivity contribution is 7.22. The Bertz CT molecular complexity index is 1080. The number of anilines is 2. The summed E-state index contributed by atoms with van der Waals surface area (Å²) in [5.74, 6) is -0.225. The molecule has 0 bridgehead atoms. The number of fused-ring (bicyclic) bond motifs is 1. The van der Waals surface area contributed by atoms with Gasteiger partial charge in [-0.3, -0.25) is 4.79 Å². The Balaban J connectivity index is 0.000000968. The molecule has 0 saturated carbocycles. The van der Waals surface area contributed by atoms with Crippen molar-refractivity contribution in [1.82, 2.24) is 9.88 Å². The molecule has 1 aliphatic rings. The maximum absolute atomic E-state index is 12.0. The topological polar surface area (TPSA) is 95.9 Å². The highest BCUT2D eigenvalue weighted by Crippen LogP contribution is 2.25. The zero-order valence-corrected chi connectivity index (χ0v) is 19.9. The molecule has 1 aromatic heterocycles. The van der Waals surface area contributed by atoms with Crippen molar-refractivity contribution < 1.29 is 14.3 Å². The third-order valence-electron chi connectivity index (χ3n) is 4.47. The minimum absolute atomic E-state index is 0.0728. The fourth-order valence-corrected chi connectivity index (χ4v) is 3.91. The van der Waals surface area contributed by atoms with Crippen LogP contribution in [0.5, 0.6) is 0 Å². The van der Waals surface area contributed by atoms with Crippen molar-refractivity contribution in [3.63, 3.8) is 0 Å². The summed E-state index contributed by atoms with van der Waals surface area (Å²) < 4.78 is 6.08. The van der Waals surface area contributed by atoms with Gasteiger partial charge in [0.25, 0.3) is 5.91 Å². The Morgan fingerprint density at radius 2 is 1.85 bits per heavy atom. The molecule has 2 heterocycles. The van der Waals surface area contributed by atoms with Crippen LogP contribution in [-0.4, -0.2) is 47.5 Å². The molecular weight excluding hydrogens is 438 g/mol. The van der Waals surface area contributed by atoms with Gasteiger partial charge in [-0.1, -0.05) is 55.9 Å². The second-order valence-corrected chi connectivity index (χ2v) is 8.29. The zero-order valence-electron chi connectivity index (χ0n) is 19.1. The smallest absolute Gasteiger partial charge is 0.423 e. The maximum Gasteiger partial charge on any atom is 0.423 e. The minimum Gasteiger partial charge on any atom is -0.449 e. The molecule has 0 unspecified atom stereocenters. The number of aromatic nitrogens is 1. The van der Waals surface area contributed by atoms with Gasteiger partial charge in [-0.15, -0.1) is 0 Å². The molecule has 8 nitrogen and oxygen atoms in total. The molecule has 2 N–H and O–H groups in total. The Hall–Kier alpha value is -3.46. The van der Waals surface area contributed by atoms with Crippen LogP contribution in [0.25, 0.3) is 10.2 Å². The molecule has 2 amide bonds. The van der Waals surface area contributed by atoms with E-state index in [0.29, 0.717) is 0 Å². The number of thiazole rings is 1. The number of carbonyl (C=O) groups excluding carboxylic acids is 2. The van der Waals surface area contributed by atoms with E-state index in [4.69, 9.17) is 4.74 Å². The van der Waals surface area contributed by atoms with Crippen molar-refractivity contribution >= 4 is 50.3 Å². The van der Waals surface area contributed by atoms with Crippen LogP contribution in [0.4, 0.5) is 15.6 Å². The Morgan fingerprint density at radius 1 is 1.12 bits per heavy atom. The molecule has 33 heavy (non-hydrogen) atoms. The van der Waals surface area contributed by atoms with Crippen molar-refractivity contribution in [3.05, 3.63) is 54.1 Å². The van der Waals surface area contributed by atoms with Gasteiger partial charge in [0.05, 0.1) is 16.8 Å². The summed E-state index contributed by atoms with van der Waals surface area (Å²) in [5, 5.41) is 7.30. The van der Waals surface area contributed by atoms with Gasteiger partial charge in [-0.25, -0.2) is 14.8 Å². The first-order valence-electron chi connectivity index (χ1n) is 11.0. The molecule has 0 radical (unpaired) electrons. The van der Waals surface area contributed by atoms with Crippen molar-refractivity contribution in [3.8, 4) is 0 Å². The van der Waals surface area contributed by atoms with E-state index in [1.165, 1.54) is 11.1 Å². The lowest BCUT2D eigenvalue weighted by Crippen LogP contribution is -2.42. The number of para-hydroxylation sites is 1. The summed E-state index contributed by atoms with van der Waals surface area (Å²) in [6.45, 7) is 6.82. The van der Waals surface area contributed by atoms with Gasteiger partial charge in [0.1, 0.15) is 6.54 Å². The fourth-order valence-electron chi connectivity index (χ4n) is 3.02. The van der Waals surface area contributed by atoms with Crippen LogP contribution in [0, 0.1) is 0 Å². The summed E-state index contributed by atoms with van der Waals surface area (Å²) >= 11 is 1.64. The second kappa shape index (κ2) is 12.0. The molecule has 2 aromatic carbocycles.